The van der Waals surface area contributed by atoms with Crippen molar-refractivity contribution in [2.24, 2.45) is 0 Å². The van der Waals surface area contributed by atoms with Crippen molar-refractivity contribution in [1.82, 2.24) is 9.97 Å². The van der Waals surface area contributed by atoms with E-state index in [2.05, 4.69) is 9.97 Å². The highest BCUT2D eigenvalue weighted by Gasteiger charge is 2.08. The third-order valence-corrected chi connectivity index (χ3v) is 3.73. The van der Waals surface area contributed by atoms with E-state index in [-0.39, 0.29) is 5.82 Å². The van der Waals surface area contributed by atoms with E-state index >= 15 is 0 Å². The molecule has 21 heavy (non-hydrogen) atoms. The molecule has 0 radical (unpaired) electrons. The first kappa shape index (κ1) is 13.6. The molecular formula is C15H12FN3OS. The second-order valence-electron chi connectivity index (χ2n) is 4.37. The monoisotopic (exact) mass is 301 g/mol. The van der Waals surface area contributed by atoms with Crippen LogP contribution in [0.15, 0.2) is 58.3 Å². The number of hydrogen-bond acceptors (Lipinski definition) is 5. The Balaban J connectivity index is 1.69. The van der Waals surface area contributed by atoms with Crippen LogP contribution in [-0.4, -0.2) is 9.97 Å². The van der Waals surface area contributed by atoms with Crippen molar-refractivity contribution >= 4 is 17.4 Å². The molecule has 0 atom stereocenters. The molecule has 0 saturated carbocycles. The van der Waals surface area contributed by atoms with Gasteiger partial charge in [0.05, 0.1) is 22.6 Å². The first-order chi connectivity index (χ1) is 10.2. The lowest BCUT2D eigenvalue weighted by atomic mass is 10.2. The summed E-state index contributed by atoms with van der Waals surface area (Å²) in [7, 11) is 0. The molecule has 2 N–H and O–H groups in total. The average Bonchev–Trinajstić information content (AvgIpc) is 2.96. The summed E-state index contributed by atoms with van der Waals surface area (Å²) < 4.78 is 18.6. The zero-order valence-electron chi connectivity index (χ0n) is 11.0. The lowest BCUT2D eigenvalue weighted by molar-refractivity contribution is 0.571. The SMILES string of the molecule is Nc1ccc(SCc2coc(-c3cccc(F)c3)n2)nc1. The van der Waals surface area contributed by atoms with Crippen molar-refractivity contribution in [3.05, 3.63) is 60.4 Å². The number of thioether (sulfide) groups is 1. The van der Waals surface area contributed by atoms with Crippen LogP contribution in [-0.2, 0) is 5.75 Å². The van der Waals surface area contributed by atoms with Crippen molar-refractivity contribution in [3.63, 3.8) is 0 Å². The molecule has 3 rings (SSSR count). The van der Waals surface area contributed by atoms with Gasteiger partial charge in [0.15, 0.2) is 0 Å². The van der Waals surface area contributed by atoms with E-state index in [1.165, 1.54) is 23.9 Å². The molecule has 2 heterocycles. The van der Waals surface area contributed by atoms with Gasteiger partial charge in [0.25, 0.3) is 0 Å². The maximum absolute atomic E-state index is 13.2. The Hall–Kier alpha value is -2.34. The van der Waals surface area contributed by atoms with Crippen LogP contribution in [0.4, 0.5) is 10.1 Å². The minimum Gasteiger partial charge on any atom is -0.444 e. The number of hydrogen-bond donors (Lipinski definition) is 1. The highest BCUT2D eigenvalue weighted by molar-refractivity contribution is 7.98. The summed E-state index contributed by atoms with van der Waals surface area (Å²) in [5.41, 5.74) is 7.62. The first-order valence-electron chi connectivity index (χ1n) is 6.25. The van der Waals surface area contributed by atoms with Gasteiger partial charge in [0, 0.05) is 11.3 Å². The summed E-state index contributed by atoms with van der Waals surface area (Å²) in [5, 5.41) is 0.861. The Kier molecular flexibility index (Phi) is 3.87. The molecule has 0 fully saturated rings. The summed E-state index contributed by atoms with van der Waals surface area (Å²) in [6, 6.07) is 9.82. The summed E-state index contributed by atoms with van der Waals surface area (Å²) in [4.78, 5) is 8.55. The largest absolute Gasteiger partial charge is 0.444 e. The molecule has 0 spiro atoms. The fraction of sp³-hybridized carbons (Fsp3) is 0.0667. The standard InChI is InChI=1S/C15H12FN3OS/c16-11-3-1-2-10(6-11)15-19-13(8-20-15)9-21-14-5-4-12(17)7-18-14/h1-8H,9,17H2. The summed E-state index contributed by atoms with van der Waals surface area (Å²) >= 11 is 1.53. The molecule has 0 unspecified atom stereocenters. The number of rotatable bonds is 4. The van der Waals surface area contributed by atoms with Crippen molar-refractivity contribution in [3.8, 4) is 11.5 Å². The third-order valence-electron chi connectivity index (χ3n) is 2.75. The number of oxazole rings is 1. The molecule has 106 valence electrons. The Bertz CT molecular complexity index is 743. The highest BCUT2D eigenvalue weighted by Crippen LogP contribution is 2.24. The fourth-order valence-corrected chi connectivity index (χ4v) is 2.47. The molecule has 0 aliphatic carbocycles. The van der Waals surface area contributed by atoms with Crippen molar-refractivity contribution in [2.75, 3.05) is 5.73 Å². The second-order valence-corrected chi connectivity index (χ2v) is 5.37. The van der Waals surface area contributed by atoms with Gasteiger partial charge in [-0.3, -0.25) is 0 Å². The van der Waals surface area contributed by atoms with Gasteiger partial charge in [-0.2, -0.15) is 0 Å². The maximum Gasteiger partial charge on any atom is 0.226 e. The number of aromatic nitrogens is 2. The lowest BCUT2D eigenvalue weighted by Crippen LogP contribution is -1.88. The third kappa shape index (κ3) is 3.41. The molecule has 6 heteroatoms. The number of nitrogens with two attached hydrogens (primary N) is 1. The minimum absolute atomic E-state index is 0.312. The number of nitrogen functional groups attached to an aromatic ring is 1. The van der Waals surface area contributed by atoms with Gasteiger partial charge in [-0.25, -0.2) is 14.4 Å². The smallest absolute Gasteiger partial charge is 0.226 e. The Morgan fingerprint density at radius 1 is 1.24 bits per heavy atom. The van der Waals surface area contributed by atoms with Crippen LogP contribution in [0, 0.1) is 5.82 Å². The van der Waals surface area contributed by atoms with E-state index in [4.69, 9.17) is 10.2 Å². The van der Waals surface area contributed by atoms with E-state index in [0.29, 0.717) is 22.9 Å². The van der Waals surface area contributed by atoms with Crippen LogP contribution in [0.1, 0.15) is 5.69 Å². The van der Waals surface area contributed by atoms with Crippen LogP contribution >= 0.6 is 11.8 Å². The van der Waals surface area contributed by atoms with E-state index in [9.17, 15) is 4.39 Å². The number of nitrogens with zero attached hydrogens (tertiary/aromatic N) is 2. The van der Waals surface area contributed by atoms with Gasteiger partial charge in [-0.05, 0) is 30.3 Å². The molecule has 0 bridgehead atoms. The molecule has 4 nitrogen and oxygen atoms in total. The van der Waals surface area contributed by atoms with Gasteiger partial charge < -0.3 is 10.2 Å². The topological polar surface area (TPSA) is 64.9 Å². The second kappa shape index (κ2) is 5.97. The van der Waals surface area contributed by atoms with Crippen LogP contribution in [0.25, 0.3) is 11.5 Å². The Labute approximate surface area is 125 Å². The van der Waals surface area contributed by atoms with Crippen molar-refractivity contribution in [1.29, 1.82) is 0 Å². The lowest BCUT2D eigenvalue weighted by Gasteiger charge is -1.98. The number of halogens is 1. The van der Waals surface area contributed by atoms with Gasteiger partial charge in [-0.15, -0.1) is 0 Å². The number of pyridine rings is 1. The van der Waals surface area contributed by atoms with Crippen LogP contribution < -0.4 is 5.73 Å². The molecule has 0 aliphatic heterocycles. The van der Waals surface area contributed by atoms with Crippen molar-refractivity contribution in [2.45, 2.75) is 10.8 Å². The summed E-state index contributed by atoms with van der Waals surface area (Å²) in [6.07, 6.45) is 3.19. The van der Waals surface area contributed by atoms with E-state index < -0.39 is 0 Å². The normalized spacial score (nSPS) is 10.7. The highest BCUT2D eigenvalue weighted by atomic mass is 32.2. The molecule has 3 aromatic rings. The fourth-order valence-electron chi connectivity index (χ4n) is 1.75. The molecule has 2 aromatic heterocycles. The van der Waals surface area contributed by atoms with E-state index in [1.54, 1.807) is 30.7 Å². The maximum atomic E-state index is 13.2. The summed E-state index contributed by atoms with van der Waals surface area (Å²) in [6.45, 7) is 0. The molecule has 0 amide bonds. The van der Waals surface area contributed by atoms with Gasteiger partial charge in [0.1, 0.15) is 12.1 Å². The Morgan fingerprint density at radius 2 is 2.14 bits per heavy atom. The van der Waals surface area contributed by atoms with Crippen LogP contribution in [0.2, 0.25) is 0 Å². The van der Waals surface area contributed by atoms with E-state index in [1.807, 2.05) is 6.07 Å². The average molecular weight is 301 g/mol. The van der Waals surface area contributed by atoms with Gasteiger partial charge >= 0.3 is 0 Å². The zero-order valence-corrected chi connectivity index (χ0v) is 11.8. The molecule has 0 aliphatic rings. The quantitative estimate of drug-likeness (QED) is 0.743. The minimum atomic E-state index is -0.312. The first-order valence-corrected chi connectivity index (χ1v) is 7.24. The Morgan fingerprint density at radius 3 is 2.90 bits per heavy atom. The van der Waals surface area contributed by atoms with Gasteiger partial charge in [0.2, 0.25) is 5.89 Å². The molecule has 0 saturated heterocycles. The molecular weight excluding hydrogens is 289 g/mol. The van der Waals surface area contributed by atoms with Crippen LogP contribution in [0.3, 0.4) is 0 Å². The van der Waals surface area contributed by atoms with Crippen molar-refractivity contribution < 1.29 is 8.81 Å². The van der Waals surface area contributed by atoms with Gasteiger partial charge in [-0.1, -0.05) is 17.8 Å². The van der Waals surface area contributed by atoms with E-state index in [0.717, 1.165) is 10.7 Å². The predicted octanol–water partition coefficient (Wildman–Crippen LogP) is 3.75. The number of benzene rings is 1. The zero-order chi connectivity index (χ0) is 14.7. The van der Waals surface area contributed by atoms with Crippen LogP contribution in [0.5, 0.6) is 0 Å². The summed E-state index contributed by atoms with van der Waals surface area (Å²) in [5.74, 6) is 0.721. The predicted molar refractivity (Wildman–Crippen MR) is 80.1 cm³/mol. The molecule has 1 aromatic carbocycles. The number of anilines is 1.